The molecule has 24 heavy (non-hydrogen) atoms. The summed E-state index contributed by atoms with van der Waals surface area (Å²) < 4.78 is 1.90. The van der Waals surface area contributed by atoms with Crippen LogP contribution in [-0.4, -0.2) is 39.0 Å². The molecule has 1 saturated heterocycles. The van der Waals surface area contributed by atoms with Gasteiger partial charge in [-0.15, -0.1) is 28.8 Å². The monoisotopic (exact) mass is 368 g/mol. The van der Waals surface area contributed by atoms with E-state index in [0.29, 0.717) is 22.8 Å². The van der Waals surface area contributed by atoms with E-state index in [4.69, 9.17) is 0 Å². The highest BCUT2D eigenvalue weighted by Crippen LogP contribution is 2.40. The van der Waals surface area contributed by atoms with Crippen LogP contribution in [0.15, 0.2) is 5.38 Å². The van der Waals surface area contributed by atoms with Crippen molar-refractivity contribution in [2.75, 3.05) is 18.4 Å². The Balaban J connectivity index is 0.00000169. The minimum Gasteiger partial charge on any atom is -0.317 e. The van der Waals surface area contributed by atoms with Crippen molar-refractivity contribution in [3.63, 3.8) is 0 Å². The summed E-state index contributed by atoms with van der Waals surface area (Å²) in [7, 11) is 0. The Hall–Kier alpha value is -1.51. The maximum absolute atomic E-state index is 12.5. The molecule has 1 saturated carbocycles. The van der Waals surface area contributed by atoms with Gasteiger partial charge in [0.2, 0.25) is 0 Å². The second kappa shape index (κ2) is 7.16. The first-order valence-corrected chi connectivity index (χ1v) is 8.99. The molecule has 2 aromatic heterocycles. The van der Waals surface area contributed by atoms with Crippen LogP contribution in [-0.2, 0) is 0 Å². The number of carbonyl (C=O) groups is 1. The minimum absolute atomic E-state index is 0. The maximum atomic E-state index is 12.5. The lowest BCUT2D eigenvalue weighted by molar-refractivity contribution is 0.102. The van der Waals surface area contributed by atoms with E-state index >= 15 is 0 Å². The van der Waals surface area contributed by atoms with Crippen LogP contribution < -0.4 is 10.6 Å². The van der Waals surface area contributed by atoms with Crippen LogP contribution in [0.1, 0.15) is 59.5 Å². The molecule has 7 nitrogen and oxygen atoms in total. The molecule has 2 N–H and O–H groups in total. The zero-order valence-electron chi connectivity index (χ0n) is 13.5. The molecule has 3 heterocycles. The largest absolute Gasteiger partial charge is 0.317 e. The number of nitrogens with one attached hydrogen (secondary N) is 2. The number of anilines is 1. The van der Waals surface area contributed by atoms with E-state index in [-0.39, 0.29) is 18.3 Å². The van der Waals surface area contributed by atoms with E-state index in [2.05, 4.69) is 25.9 Å². The molecule has 0 atom stereocenters. The third-order valence-electron chi connectivity index (χ3n) is 4.54. The Morgan fingerprint density at radius 3 is 2.79 bits per heavy atom. The average Bonchev–Trinajstić information content (AvgIpc) is 3.19. The SMILES string of the molecule is Cc1c(C(=O)Nc2nc(C3CC3)cs2)nnn1C1CCNCC1.Cl. The molecule has 9 heteroatoms. The number of halogens is 1. The Morgan fingerprint density at radius 1 is 1.33 bits per heavy atom. The van der Waals surface area contributed by atoms with Gasteiger partial charge in [0.15, 0.2) is 10.8 Å². The van der Waals surface area contributed by atoms with E-state index in [1.807, 2.05) is 17.0 Å². The summed E-state index contributed by atoms with van der Waals surface area (Å²) in [6, 6.07) is 0.326. The molecule has 0 aromatic carbocycles. The third-order valence-corrected chi connectivity index (χ3v) is 5.31. The molecule has 2 aromatic rings. The van der Waals surface area contributed by atoms with Gasteiger partial charge in [0, 0.05) is 11.3 Å². The summed E-state index contributed by atoms with van der Waals surface area (Å²) in [6.07, 6.45) is 4.45. The van der Waals surface area contributed by atoms with Crippen LogP contribution in [0.3, 0.4) is 0 Å². The average molecular weight is 369 g/mol. The van der Waals surface area contributed by atoms with Crippen LogP contribution >= 0.6 is 23.7 Å². The Kier molecular flexibility index (Phi) is 5.17. The number of nitrogens with zero attached hydrogens (tertiary/aromatic N) is 4. The van der Waals surface area contributed by atoms with Gasteiger partial charge in [0.1, 0.15) is 0 Å². The van der Waals surface area contributed by atoms with Gasteiger partial charge >= 0.3 is 0 Å². The summed E-state index contributed by atoms with van der Waals surface area (Å²) >= 11 is 1.48. The fourth-order valence-electron chi connectivity index (χ4n) is 3.02. The standard InChI is InChI=1S/C15H20N6OS.ClH/c1-9-13(19-20-21(9)11-4-6-16-7-5-11)14(22)18-15-17-12(8-23-15)10-2-3-10;/h8,10-11,16H,2-7H2,1H3,(H,17,18,22);1H. The number of piperidine rings is 1. The molecule has 130 valence electrons. The second-order valence-electron chi connectivity index (χ2n) is 6.26. The Labute approximate surface area is 150 Å². The predicted molar refractivity (Wildman–Crippen MR) is 95.2 cm³/mol. The minimum atomic E-state index is -0.223. The van der Waals surface area contributed by atoms with Crippen molar-refractivity contribution in [2.45, 2.75) is 44.6 Å². The van der Waals surface area contributed by atoms with Crippen molar-refractivity contribution in [1.82, 2.24) is 25.3 Å². The highest BCUT2D eigenvalue weighted by molar-refractivity contribution is 7.14. The van der Waals surface area contributed by atoms with E-state index in [0.717, 1.165) is 37.3 Å². The molecule has 1 aliphatic heterocycles. The van der Waals surface area contributed by atoms with Crippen molar-refractivity contribution in [2.24, 2.45) is 0 Å². The number of aromatic nitrogens is 4. The van der Waals surface area contributed by atoms with Gasteiger partial charge in [-0.1, -0.05) is 5.21 Å². The van der Waals surface area contributed by atoms with Crippen molar-refractivity contribution >= 4 is 34.8 Å². The van der Waals surface area contributed by atoms with E-state index in [9.17, 15) is 4.79 Å². The first-order chi connectivity index (χ1) is 11.2. The summed E-state index contributed by atoms with van der Waals surface area (Å²) in [6.45, 7) is 3.87. The van der Waals surface area contributed by atoms with Crippen molar-refractivity contribution in [3.05, 3.63) is 22.5 Å². The predicted octanol–water partition coefficient (Wildman–Crippen LogP) is 2.52. The molecular formula is C15H21ClN6OS. The molecule has 0 unspecified atom stereocenters. The van der Waals surface area contributed by atoms with Gasteiger partial charge in [-0.25, -0.2) is 9.67 Å². The Bertz CT molecular complexity index is 719. The fraction of sp³-hybridized carbons (Fsp3) is 0.600. The van der Waals surface area contributed by atoms with Gasteiger partial charge in [0.05, 0.1) is 17.4 Å². The number of rotatable bonds is 4. The molecule has 0 radical (unpaired) electrons. The van der Waals surface area contributed by atoms with E-state index in [1.165, 1.54) is 24.2 Å². The highest BCUT2D eigenvalue weighted by Gasteiger charge is 2.27. The van der Waals surface area contributed by atoms with Gasteiger partial charge in [0.25, 0.3) is 5.91 Å². The lowest BCUT2D eigenvalue weighted by atomic mass is 10.1. The topological polar surface area (TPSA) is 84.7 Å². The summed E-state index contributed by atoms with van der Waals surface area (Å²) in [5.41, 5.74) is 2.32. The molecule has 4 rings (SSSR count). The zero-order chi connectivity index (χ0) is 15.8. The van der Waals surface area contributed by atoms with E-state index in [1.54, 1.807) is 0 Å². The summed E-state index contributed by atoms with van der Waals surface area (Å²) in [5.74, 6) is 0.374. The first kappa shape index (κ1) is 17.3. The molecule has 0 spiro atoms. The van der Waals surface area contributed by atoms with E-state index < -0.39 is 0 Å². The Morgan fingerprint density at radius 2 is 2.08 bits per heavy atom. The molecule has 2 aliphatic rings. The molecule has 1 aliphatic carbocycles. The smallest absolute Gasteiger partial charge is 0.279 e. The number of thiazole rings is 1. The summed E-state index contributed by atoms with van der Waals surface area (Å²) in [5, 5.41) is 17.2. The van der Waals surface area contributed by atoms with Crippen molar-refractivity contribution < 1.29 is 4.79 Å². The highest BCUT2D eigenvalue weighted by atomic mass is 35.5. The van der Waals surface area contributed by atoms with Crippen molar-refractivity contribution in [3.8, 4) is 0 Å². The molecule has 0 bridgehead atoms. The van der Waals surface area contributed by atoms with Gasteiger partial charge in [-0.05, 0) is 45.7 Å². The van der Waals surface area contributed by atoms with Gasteiger partial charge in [-0.2, -0.15) is 0 Å². The van der Waals surface area contributed by atoms with Crippen LogP contribution in [0.4, 0.5) is 5.13 Å². The van der Waals surface area contributed by atoms with Gasteiger partial charge < -0.3 is 5.32 Å². The zero-order valence-corrected chi connectivity index (χ0v) is 15.1. The quantitative estimate of drug-likeness (QED) is 0.866. The molecule has 1 amide bonds. The third kappa shape index (κ3) is 3.45. The molecule has 2 fully saturated rings. The molecular weight excluding hydrogens is 348 g/mol. The normalized spacial score (nSPS) is 18.2. The van der Waals surface area contributed by atoms with Crippen LogP contribution in [0.2, 0.25) is 0 Å². The van der Waals surface area contributed by atoms with Crippen LogP contribution in [0.5, 0.6) is 0 Å². The van der Waals surface area contributed by atoms with Gasteiger partial charge in [-0.3, -0.25) is 10.1 Å². The van der Waals surface area contributed by atoms with Crippen molar-refractivity contribution in [1.29, 1.82) is 0 Å². The fourth-order valence-corrected chi connectivity index (χ4v) is 3.80. The maximum Gasteiger partial charge on any atom is 0.279 e. The number of hydrogen-bond donors (Lipinski definition) is 2. The second-order valence-corrected chi connectivity index (χ2v) is 7.11. The lowest BCUT2D eigenvalue weighted by Gasteiger charge is -2.23. The first-order valence-electron chi connectivity index (χ1n) is 8.11. The lowest BCUT2D eigenvalue weighted by Crippen LogP contribution is -2.30. The number of carbonyl (C=O) groups excluding carboxylic acids is 1. The van der Waals surface area contributed by atoms with Crippen LogP contribution in [0.25, 0.3) is 0 Å². The number of amides is 1. The van der Waals surface area contributed by atoms with Crippen LogP contribution in [0, 0.1) is 6.92 Å². The summed E-state index contributed by atoms with van der Waals surface area (Å²) in [4.78, 5) is 16.9. The number of hydrogen-bond acceptors (Lipinski definition) is 6.